The molecule has 0 aliphatic rings. The van der Waals surface area contributed by atoms with Crippen LogP contribution in [-0.4, -0.2) is 17.1 Å². The van der Waals surface area contributed by atoms with Gasteiger partial charge >= 0.3 is 0 Å². The minimum Gasteiger partial charge on any atom is -0.497 e. The van der Waals surface area contributed by atoms with Gasteiger partial charge in [0.25, 0.3) is 0 Å². The highest BCUT2D eigenvalue weighted by Crippen LogP contribution is 2.20. The van der Waals surface area contributed by atoms with Crippen molar-refractivity contribution >= 4 is 11.0 Å². The molecule has 0 unspecified atom stereocenters. The van der Waals surface area contributed by atoms with Gasteiger partial charge in [-0.05, 0) is 36.8 Å². The Balaban J connectivity index is 1.66. The summed E-state index contributed by atoms with van der Waals surface area (Å²) in [6.07, 6.45) is -0.0838. The van der Waals surface area contributed by atoms with Crippen LogP contribution in [0, 0.1) is 0 Å². The van der Waals surface area contributed by atoms with Gasteiger partial charge in [-0.15, -0.1) is 0 Å². The average molecular weight is 282 g/mol. The fraction of sp³-hybridized carbons (Fsp3) is 0.235. The largest absolute Gasteiger partial charge is 0.497 e. The van der Waals surface area contributed by atoms with E-state index in [-0.39, 0.29) is 6.10 Å². The number of benzene rings is 2. The van der Waals surface area contributed by atoms with Crippen molar-refractivity contribution in [2.24, 2.45) is 0 Å². The van der Waals surface area contributed by atoms with Gasteiger partial charge < -0.3 is 14.5 Å². The van der Waals surface area contributed by atoms with Gasteiger partial charge in [0, 0.05) is 0 Å². The summed E-state index contributed by atoms with van der Waals surface area (Å²) in [5, 5.41) is 0. The third kappa shape index (κ3) is 3.06. The van der Waals surface area contributed by atoms with Gasteiger partial charge in [-0.25, -0.2) is 4.98 Å². The summed E-state index contributed by atoms with van der Waals surface area (Å²) in [5.41, 5.74) is 3.11. The van der Waals surface area contributed by atoms with E-state index in [0.717, 1.165) is 28.2 Å². The lowest BCUT2D eigenvalue weighted by molar-refractivity contribution is 0.0475. The molecule has 1 heterocycles. The molecule has 1 aromatic heterocycles. The van der Waals surface area contributed by atoms with Crippen LogP contribution in [0.1, 0.15) is 24.4 Å². The number of H-pyrrole nitrogens is 1. The topological polar surface area (TPSA) is 47.1 Å². The summed E-state index contributed by atoms with van der Waals surface area (Å²) in [6, 6.07) is 15.9. The molecule has 0 aliphatic carbocycles. The number of hydrogen-bond acceptors (Lipinski definition) is 3. The van der Waals surface area contributed by atoms with Gasteiger partial charge in [0.2, 0.25) is 0 Å². The van der Waals surface area contributed by atoms with E-state index in [1.54, 1.807) is 7.11 Å². The number of methoxy groups -OCH3 is 1. The molecule has 0 spiro atoms. The Labute approximate surface area is 123 Å². The van der Waals surface area contributed by atoms with Crippen LogP contribution in [0.2, 0.25) is 0 Å². The SMILES string of the molecule is COc1ccc(CO[C@@H](C)c2nc3ccccc3[nH]2)cc1. The number of fused-ring (bicyclic) bond motifs is 1. The Morgan fingerprint density at radius 1 is 1.10 bits per heavy atom. The summed E-state index contributed by atoms with van der Waals surface area (Å²) in [6.45, 7) is 2.55. The first kappa shape index (κ1) is 13.6. The molecule has 0 saturated carbocycles. The van der Waals surface area contributed by atoms with Crippen LogP contribution in [0.25, 0.3) is 11.0 Å². The van der Waals surface area contributed by atoms with Crippen molar-refractivity contribution in [2.45, 2.75) is 19.6 Å². The van der Waals surface area contributed by atoms with Gasteiger partial charge in [0.1, 0.15) is 17.7 Å². The summed E-state index contributed by atoms with van der Waals surface area (Å²) in [7, 11) is 1.66. The maximum Gasteiger partial charge on any atom is 0.136 e. The van der Waals surface area contributed by atoms with Crippen LogP contribution >= 0.6 is 0 Å². The molecule has 0 radical (unpaired) electrons. The number of para-hydroxylation sites is 2. The Morgan fingerprint density at radius 2 is 1.86 bits per heavy atom. The zero-order valence-corrected chi connectivity index (χ0v) is 12.2. The van der Waals surface area contributed by atoms with E-state index in [0.29, 0.717) is 6.61 Å². The maximum atomic E-state index is 5.88. The number of nitrogens with zero attached hydrogens (tertiary/aromatic N) is 1. The summed E-state index contributed by atoms with van der Waals surface area (Å²) >= 11 is 0. The zero-order chi connectivity index (χ0) is 14.7. The van der Waals surface area contributed by atoms with Crippen LogP contribution < -0.4 is 4.74 Å². The van der Waals surface area contributed by atoms with E-state index >= 15 is 0 Å². The standard InChI is InChI=1S/C17H18N2O2/c1-12(17-18-15-5-3-4-6-16(15)19-17)21-11-13-7-9-14(20-2)10-8-13/h3-10,12H,11H2,1-2H3,(H,18,19)/t12-/m0/s1. The minimum atomic E-state index is -0.0838. The van der Waals surface area contributed by atoms with Crippen molar-refractivity contribution in [2.75, 3.05) is 7.11 Å². The fourth-order valence-corrected chi connectivity index (χ4v) is 2.19. The van der Waals surface area contributed by atoms with Crippen molar-refractivity contribution in [3.8, 4) is 5.75 Å². The van der Waals surface area contributed by atoms with E-state index in [1.165, 1.54) is 0 Å². The predicted molar refractivity (Wildman–Crippen MR) is 82.3 cm³/mol. The van der Waals surface area contributed by atoms with Crippen molar-refractivity contribution in [3.63, 3.8) is 0 Å². The molecular formula is C17H18N2O2. The van der Waals surface area contributed by atoms with Crippen LogP contribution in [-0.2, 0) is 11.3 Å². The molecule has 0 bridgehead atoms. The van der Waals surface area contributed by atoms with E-state index in [2.05, 4.69) is 9.97 Å². The number of imidazole rings is 1. The molecule has 0 fully saturated rings. The molecule has 1 N–H and O–H groups in total. The molecule has 3 aromatic rings. The van der Waals surface area contributed by atoms with Crippen LogP contribution in [0.4, 0.5) is 0 Å². The molecule has 3 rings (SSSR count). The molecule has 4 heteroatoms. The monoisotopic (exact) mass is 282 g/mol. The highest BCUT2D eigenvalue weighted by Gasteiger charge is 2.11. The molecule has 108 valence electrons. The van der Waals surface area contributed by atoms with Gasteiger partial charge in [-0.3, -0.25) is 0 Å². The first-order valence-electron chi connectivity index (χ1n) is 6.95. The zero-order valence-electron chi connectivity index (χ0n) is 12.2. The molecule has 0 aliphatic heterocycles. The lowest BCUT2D eigenvalue weighted by atomic mass is 10.2. The number of aromatic nitrogens is 2. The quantitative estimate of drug-likeness (QED) is 0.773. The summed E-state index contributed by atoms with van der Waals surface area (Å²) in [4.78, 5) is 7.85. The predicted octanol–water partition coefficient (Wildman–Crippen LogP) is 3.85. The second kappa shape index (κ2) is 5.97. The Bertz CT molecular complexity index is 686. The lowest BCUT2D eigenvalue weighted by Gasteiger charge is -2.11. The van der Waals surface area contributed by atoms with Gasteiger partial charge in [0.05, 0.1) is 24.8 Å². The van der Waals surface area contributed by atoms with Crippen LogP contribution in [0.5, 0.6) is 5.75 Å². The molecule has 0 amide bonds. The third-order valence-electron chi connectivity index (χ3n) is 3.45. The molecule has 2 aromatic carbocycles. The van der Waals surface area contributed by atoms with Crippen LogP contribution in [0.3, 0.4) is 0 Å². The van der Waals surface area contributed by atoms with E-state index < -0.39 is 0 Å². The molecule has 1 atom stereocenters. The first-order chi connectivity index (χ1) is 10.3. The summed E-state index contributed by atoms with van der Waals surface area (Å²) in [5.74, 6) is 1.70. The van der Waals surface area contributed by atoms with Crippen molar-refractivity contribution in [1.82, 2.24) is 9.97 Å². The van der Waals surface area contributed by atoms with Crippen molar-refractivity contribution < 1.29 is 9.47 Å². The lowest BCUT2D eigenvalue weighted by Crippen LogP contribution is -2.02. The van der Waals surface area contributed by atoms with E-state index in [9.17, 15) is 0 Å². The van der Waals surface area contributed by atoms with Crippen molar-refractivity contribution in [1.29, 1.82) is 0 Å². The fourth-order valence-electron chi connectivity index (χ4n) is 2.19. The Kier molecular flexibility index (Phi) is 3.88. The van der Waals surface area contributed by atoms with E-state index in [4.69, 9.17) is 9.47 Å². The van der Waals surface area contributed by atoms with E-state index in [1.807, 2.05) is 55.5 Å². The van der Waals surface area contributed by atoms with Gasteiger partial charge in [-0.1, -0.05) is 24.3 Å². The summed E-state index contributed by atoms with van der Waals surface area (Å²) < 4.78 is 11.0. The van der Waals surface area contributed by atoms with Gasteiger partial charge in [-0.2, -0.15) is 0 Å². The molecule has 0 saturated heterocycles. The maximum absolute atomic E-state index is 5.88. The normalized spacial score (nSPS) is 12.5. The number of aromatic amines is 1. The third-order valence-corrected chi connectivity index (χ3v) is 3.45. The highest BCUT2D eigenvalue weighted by molar-refractivity contribution is 5.74. The van der Waals surface area contributed by atoms with Crippen LogP contribution in [0.15, 0.2) is 48.5 Å². The number of ether oxygens (including phenoxy) is 2. The number of rotatable bonds is 5. The Morgan fingerprint density at radius 3 is 2.57 bits per heavy atom. The minimum absolute atomic E-state index is 0.0838. The highest BCUT2D eigenvalue weighted by atomic mass is 16.5. The molecule has 21 heavy (non-hydrogen) atoms. The smallest absolute Gasteiger partial charge is 0.136 e. The van der Waals surface area contributed by atoms with Gasteiger partial charge in [0.15, 0.2) is 0 Å². The number of nitrogens with one attached hydrogen (secondary N) is 1. The second-order valence-electron chi connectivity index (χ2n) is 4.94. The second-order valence-corrected chi connectivity index (χ2v) is 4.94. The Hall–Kier alpha value is -2.33. The molecular weight excluding hydrogens is 264 g/mol. The average Bonchev–Trinajstić information content (AvgIpc) is 2.97. The molecule has 4 nitrogen and oxygen atoms in total. The first-order valence-corrected chi connectivity index (χ1v) is 6.95. The van der Waals surface area contributed by atoms with Crippen molar-refractivity contribution in [3.05, 3.63) is 59.9 Å². The number of hydrogen-bond donors (Lipinski definition) is 1.